The van der Waals surface area contributed by atoms with Crippen LogP contribution in [0.5, 0.6) is 0 Å². The molecule has 0 aliphatic carbocycles. The number of carbonyl (C=O) groups is 1. The van der Waals surface area contributed by atoms with E-state index in [1.165, 1.54) is 6.07 Å². The summed E-state index contributed by atoms with van der Waals surface area (Å²) in [7, 11) is 3.11. The molecule has 9 heteroatoms. The van der Waals surface area contributed by atoms with E-state index >= 15 is 0 Å². The van der Waals surface area contributed by atoms with Gasteiger partial charge in [0.25, 0.3) is 9.05 Å². The number of carbonyl (C=O) groups excluding carboxylic acids is 1. The summed E-state index contributed by atoms with van der Waals surface area (Å²) in [5.41, 5.74) is 0. The van der Waals surface area contributed by atoms with Crippen molar-refractivity contribution in [2.75, 3.05) is 33.5 Å². The molecule has 1 heterocycles. The van der Waals surface area contributed by atoms with Crippen molar-refractivity contribution in [2.24, 2.45) is 0 Å². The van der Waals surface area contributed by atoms with Gasteiger partial charge in [0.15, 0.2) is 0 Å². The molecule has 0 fully saturated rings. The van der Waals surface area contributed by atoms with Gasteiger partial charge in [-0.1, -0.05) is 0 Å². The van der Waals surface area contributed by atoms with Crippen LogP contribution in [-0.4, -0.2) is 47.8 Å². The van der Waals surface area contributed by atoms with Gasteiger partial charge in [-0.25, -0.2) is 8.42 Å². The highest BCUT2D eigenvalue weighted by molar-refractivity contribution is 8.15. The van der Waals surface area contributed by atoms with Crippen molar-refractivity contribution in [3.05, 3.63) is 17.0 Å². The van der Waals surface area contributed by atoms with Crippen LogP contribution in [0.25, 0.3) is 0 Å². The van der Waals surface area contributed by atoms with Gasteiger partial charge in [-0.2, -0.15) is 0 Å². The van der Waals surface area contributed by atoms with Crippen LogP contribution in [0, 0.1) is 0 Å². The minimum Gasteiger partial charge on any atom is -0.382 e. The lowest BCUT2D eigenvalue weighted by Crippen LogP contribution is -2.26. The van der Waals surface area contributed by atoms with Crippen molar-refractivity contribution in [1.82, 2.24) is 5.32 Å². The second kappa shape index (κ2) is 9.37. The second-order valence-corrected chi connectivity index (χ2v) is 8.11. The fourth-order valence-corrected chi connectivity index (χ4v) is 3.57. The summed E-state index contributed by atoms with van der Waals surface area (Å²) in [6.45, 7) is 2.15. The zero-order valence-electron chi connectivity index (χ0n) is 11.6. The van der Waals surface area contributed by atoms with Crippen LogP contribution < -0.4 is 5.32 Å². The number of thiophene rings is 1. The van der Waals surface area contributed by atoms with Crippen LogP contribution in [0.1, 0.15) is 11.3 Å². The van der Waals surface area contributed by atoms with E-state index < -0.39 is 9.05 Å². The van der Waals surface area contributed by atoms with E-state index in [1.807, 2.05) is 0 Å². The van der Waals surface area contributed by atoms with Crippen molar-refractivity contribution < 1.29 is 22.7 Å². The quantitative estimate of drug-likeness (QED) is 0.506. The molecule has 6 nitrogen and oxygen atoms in total. The Morgan fingerprint density at radius 1 is 1.33 bits per heavy atom. The molecule has 1 aromatic heterocycles. The Balaban J connectivity index is 2.21. The Morgan fingerprint density at radius 2 is 2.10 bits per heavy atom. The van der Waals surface area contributed by atoms with E-state index in [-0.39, 0.29) is 16.5 Å². The largest absolute Gasteiger partial charge is 0.382 e. The van der Waals surface area contributed by atoms with E-state index in [9.17, 15) is 13.2 Å². The van der Waals surface area contributed by atoms with Crippen molar-refractivity contribution in [2.45, 2.75) is 17.1 Å². The molecule has 1 N–H and O–H groups in total. The Kier molecular flexibility index (Phi) is 8.20. The highest BCUT2D eigenvalue weighted by atomic mass is 35.7. The van der Waals surface area contributed by atoms with Crippen molar-refractivity contribution in [3.63, 3.8) is 0 Å². The Morgan fingerprint density at radius 3 is 2.71 bits per heavy atom. The first-order chi connectivity index (χ1) is 9.93. The molecule has 0 unspecified atom stereocenters. The molecule has 1 aromatic rings. The first-order valence-corrected chi connectivity index (χ1v) is 9.43. The van der Waals surface area contributed by atoms with E-state index in [0.29, 0.717) is 37.7 Å². The van der Waals surface area contributed by atoms with Crippen LogP contribution >= 0.6 is 22.0 Å². The monoisotopic (exact) mass is 355 g/mol. The average molecular weight is 356 g/mol. The second-order valence-electron chi connectivity index (χ2n) is 4.14. The van der Waals surface area contributed by atoms with Gasteiger partial charge in [-0.15, -0.1) is 11.3 Å². The molecule has 120 valence electrons. The summed E-state index contributed by atoms with van der Waals surface area (Å²) in [4.78, 5) is 12.3. The van der Waals surface area contributed by atoms with Gasteiger partial charge in [-0.05, 0) is 18.6 Å². The number of methoxy groups -OCH3 is 1. The van der Waals surface area contributed by atoms with Crippen molar-refractivity contribution >= 4 is 37.0 Å². The van der Waals surface area contributed by atoms with E-state index in [0.717, 1.165) is 11.3 Å². The predicted molar refractivity (Wildman–Crippen MR) is 81.4 cm³/mol. The summed E-state index contributed by atoms with van der Waals surface area (Å²) >= 11 is 1.00. The van der Waals surface area contributed by atoms with Gasteiger partial charge in [0.1, 0.15) is 4.21 Å². The minimum atomic E-state index is -3.72. The minimum absolute atomic E-state index is 0.0542. The maximum absolute atomic E-state index is 11.7. The van der Waals surface area contributed by atoms with Crippen LogP contribution in [0.4, 0.5) is 0 Å². The van der Waals surface area contributed by atoms with Crippen LogP contribution in [0.15, 0.2) is 16.3 Å². The summed E-state index contributed by atoms with van der Waals surface area (Å²) in [6.07, 6.45) is 0.850. The van der Waals surface area contributed by atoms with Gasteiger partial charge < -0.3 is 14.8 Å². The maximum Gasteiger partial charge on any atom is 0.270 e. The smallest absolute Gasteiger partial charge is 0.270 e. The van der Waals surface area contributed by atoms with Gasteiger partial charge >= 0.3 is 0 Å². The first-order valence-electron chi connectivity index (χ1n) is 6.30. The first kappa shape index (κ1) is 18.4. The molecule has 0 saturated carbocycles. The Bertz CT molecular complexity index is 544. The molecular weight excluding hydrogens is 338 g/mol. The van der Waals surface area contributed by atoms with Crippen molar-refractivity contribution in [1.29, 1.82) is 0 Å². The third-order valence-electron chi connectivity index (χ3n) is 2.43. The van der Waals surface area contributed by atoms with Crippen LogP contribution in [0.3, 0.4) is 0 Å². The van der Waals surface area contributed by atoms with Crippen LogP contribution in [-0.2, 0) is 29.7 Å². The zero-order valence-corrected chi connectivity index (χ0v) is 14.0. The molecule has 0 aromatic carbocycles. The lowest BCUT2D eigenvalue weighted by molar-refractivity contribution is -0.120. The summed E-state index contributed by atoms with van der Waals surface area (Å²) in [5, 5.41) is 2.74. The fourth-order valence-electron chi connectivity index (χ4n) is 1.45. The molecule has 21 heavy (non-hydrogen) atoms. The predicted octanol–water partition coefficient (Wildman–Crippen LogP) is 1.39. The average Bonchev–Trinajstić information content (AvgIpc) is 2.86. The van der Waals surface area contributed by atoms with Gasteiger partial charge in [0, 0.05) is 35.8 Å². The number of ether oxygens (including phenoxy) is 2. The number of rotatable bonds is 10. The topological polar surface area (TPSA) is 81.7 Å². The van der Waals surface area contributed by atoms with Crippen LogP contribution in [0.2, 0.25) is 0 Å². The Hall–Kier alpha value is -0.670. The molecule has 0 radical (unpaired) electrons. The van der Waals surface area contributed by atoms with E-state index in [4.69, 9.17) is 20.2 Å². The Labute approximate surface area is 132 Å². The fraction of sp³-hybridized carbons (Fsp3) is 0.583. The summed E-state index contributed by atoms with van der Waals surface area (Å²) in [6, 6.07) is 2.99. The third-order valence-corrected chi connectivity index (χ3v) is 5.61. The standard InChI is InChI=1S/C12H18ClNO5S2/c1-18-7-8-19-6-2-5-14-11(15)9-10-3-4-12(20-10)21(13,16)17/h3-4H,2,5-9H2,1H3,(H,14,15). The molecule has 0 bridgehead atoms. The number of halogens is 1. The van der Waals surface area contributed by atoms with Crippen molar-refractivity contribution in [3.8, 4) is 0 Å². The third kappa shape index (κ3) is 7.77. The molecule has 0 spiro atoms. The zero-order chi connectivity index (χ0) is 15.7. The maximum atomic E-state index is 11.7. The lowest BCUT2D eigenvalue weighted by Gasteiger charge is -2.05. The molecule has 0 saturated heterocycles. The van der Waals surface area contributed by atoms with E-state index in [2.05, 4.69) is 5.32 Å². The number of hydrogen-bond donors (Lipinski definition) is 1. The summed E-state index contributed by atoms with van der Waals surface area (Å²) in [5.74, 6) is -0.160. The van der Waals surface area contributed by atoms with E-state index in [1.54, 1.807) is 13.2 Å². The highest BCUT2D eigenvalue weighted by Crippen LogP contribution is 2.24. The SMILES string of the molecule is COCCOCCCNC(=O)Cc1ccc(S(=O)(=O)Cl)s1. The molecule has 0 aliphatic heterocycles. The van der Waals surface area contributed by atoms with Gasteiger partial charge in [0.05, 0.1) is 19.6 Å². The molecular formula is C12H18ClNO5S2. The molecule has 0 atom stereocenters. The van der Waals surface area contributed by atoms with Gasteiger partial charge in [0.2, 0.25) is 5.91 Å². The normalized spacial score (nSPS) is 11.5. The molecule has 1 amide bonds. The molecule has 1 rings (SSSR count). The highest BCUT2D eigenvalue weighted by Gasteiger charge is 2.14. The number of nitrogens with one attached hydrogen (secondary N) is 1. The molecule has 0 aliphatic rings. The lowest BCUT2D eigenvalue weighted by atomic mass is 10.3. The number of hydrogen-bond acceptors (Lipinski definition) is 6. The summed E-state index contributed by atoms with van der Waals surface area (Å²) < 4.78 is 32.4. The van der Waals surface area contributed by atoms with Gasteiger partial charge in [-0.3, -0.25) is 4.79 Å². The number of amides is 1.